The summed E-state index contributed by atoms with van der Waals surface area (Å²) in [5.41, 5.74) is 7.34. The number of carboxylic acids is 1. The molecule has 0 aromatic carbocycles. The summed E-state index contributed by atoms with van der Waals surface area (Å²) in [6, 6.07) is -1.23. The number of hydrogen-bond acceptors (Lipinski definition) is 4. The van der Waals surface area contributed by atoms with E-state index in [0.29, 0.717) is 0 Å². The highest BCUT2D eigenvalue weighted by molar-refractivity contribution is 8.25. The predicted molar refractivity (Wildman–Crippen MR) is 51.3 cm³/mol. The molecule has 1 aliphatic rings. The van der Waals surface area contributed by atoms with Crippen molar-refractivity contribution < 1.29 is 19.0 Å². The van der Waals surface area contributed by atoms with E-state index in [1.54, 1.807) is 6.92 Å². The Bertz CT molecular complexity index is 302. The average molecular weight is 221 g/mol. The smallest absolute Gasteiger partial charge is 0.313 e. The van der Waals surface area contributed by atoms with Crippen LogP contribution in [0.15, 0.2) is 5.11 Å². The normalized spacial score (nSPS) is 26.5. The first-order valence-electron chi connectivity index (χ1n) is 3.81. The minimum Gasteiger partial charge on any atom is -0.481 e. The van der Waals surface area contributed by atoms with Gasteiger partial charge in [0.25, 0.3) is 0 Å². The molecule has 14 heavy (non-hydrogen) atoms. The highest BCUT2D eigenvalue weighted by atomic mass is 32.3. The van der Waals surface area contributed by atoms with E-state index in [-0.39, 0.29) is 11.5 Å². The van der Waals surface area contributed by atoms with Crippen molar-refractivity contribution in [2.75, 3.05) is 11.5 Å². The molecule has 1 aliphatic heterocycles. The van der Waals surface area contributed by atoms with Crippen LogP contribution in [-0.4, -0.2) is 37.7 Å². The number of hydrogen-bond donors (Lipinski definition) is 3. The molecule has 0 saturated carbocycles. The minimum atomic E-state index is -2.63. The number of carbonyl (C=O) groups is 1. The molecule has 1 heterocycles. The fourth-order valence-electron chi connectivity index (χ4n) is 1.71. The van der Waals surface area contributed by atoms with Crippen LogP contribution in [0.2, 0.25) is 0 Å². The minimum absolute atomic E-state index is 0.0179. The zero-order valence-corrected chi connectivity index (χ0v) is 8.31. The van der Waals surface area contributed by atoms with Gasteiger partial charge in [-0.2, -0.15) is 10.6 Å². The van der Waals surface area contributed by atoms with Gasteiger partial charge >= 0.3 is 5.97 Å². The standard InChI is InChI=1S/C6H11N3O4S/c1-6(2-14(12,13)3-6)4(5(10)11)8-9-7/h4,12-13H,2-3H2,1H3,(H,10,11)/t4-/m1/s1. The Morgan fingerprint density at radius 3 is 2.43 bits per heavy atom. The van der Waals surface area contributed by atoms with Crippen molar-refractivity contribution in [3.8, 4) is 0 Å². The van der Waals surface area contributed by atoms with Crippen molar-refractivity contribution >= 4 is 16.6 Å². The molecule has 3 N–H and O–H groups in total. The molecular formula is C6H11N3O4S. The Morgan fingerprint density at radius 1 is 1.64 bits per heavy atom. The van der Waals surface area contributed by atoms with E-state index in [4.69, 9.17) is 19.7 Å². The molecule has 0 bridgehead atoms. The highest BCUT2D eigenvalue weighted by Crippen LogP contribution is 2.60. The largest absolute Gasteiger partial charge is 0.481 e. The second kappa shape index (κ2) is 3.32. The maximum Gasteiger partial charge on any atom is 0.313 e. The van der Waals surface area contributed by atoms with Crippen LogP contribution in [0, 0.1) is 5.41 Å². The quantitative estimate of drug-likeness (QED) is 0.379. The summed E-state index contributed by atoms with van der Waals surface area (Å²) in [7, 11) is -2.63. The maximum absolute atomic E-state index is 10.7. The first-order valence-corrected chi connectivity index (χ1v) is 5.70. The Labute approximate surface area is 81.7 Å². The summed E-state index contributed by atoms with van der Waals surface area (Å²) in [6.45, 7) is 1.57. The zero-order chi connectivity index (χ0) is 11.0. The van der Waals surface area contributed by atoms with Crippen molar-refractivity contribution in [1.29, 1.82) is 0 Å². The van der Waals surface area contributed by atoms with Crippen LogP contribution in [-0.2, 0) is 4.79 Å². The van der Waals surface area contributed by atoms with Crippen molar-refractivity contribution in [3.05, 3.63) is 10.4 Å². The molecule has 80 valence electrons. The van der Waals surface area contributed by atoms with Gasteiger partial charge in [0.05, 0.1) is 0 Å². The van der Waals surface area contributed by atoms with Crippen molar-refractivity contribution in [3.63, 3.8) is 0 Å². The Balaban J connectivity index is 2.81. The molecule has 0 radical (unpaired) electrons. The van der Waals surface area contributed by atoms with E-state index in [1.807, 2.05) is 0 Å². The lowest BCUT2D eigenvalue weighted by Crippen LogP contribution is -2.53. The van der Waals surface area contributed by atoms with Crippen LogP contribution >= 0.6 is 10.6 Å². The van der Waals surface area contributed by atoms with Crippen molar-refractivity contribution in [2.24, 2.45) is 10.5 Å². The number of aliphatic carboxylic acids is 1. The Kier molecular flexibility index (Phi) is 2.64. The van der Waals surface area contributed by atoms with Crippen LogP contribution in [0.3, 0.4) is 0 Å². The molecule has 1 atom stereocenters. The van der Waals surface area contributed by atoms with E-state index in [0.717, 1.165) is 0 Å². The van der Waals surface area contributed by atoms with Crippen LogP contribution in [0.1, 0.15) is 6.92 Å². The lowest BCUT2D eigenvalue weighted by Gasteiger charge is -2.55. The molecule has 0 spiro atoms. The summed E-state index contributed by atoms with van der Waals surface area (Å²) < 4.78 is 18.3. The molecule has 1 fully saturated rings. The van der Waals surface area contributed by atoms with Gasteiger partial charge in [-0.25, -0.2) is 0 Å². The second-order valence-electron chi connectivity index (χ2n) is 3.69. The number of azide groups is 1. The van der Waals surface area contributed by atoms with Gasteiger partial charge in [-0.1, -0.05) is 12.0 Å². The van der Waals surface area contributed by atoms with Crippen molar-refractivity contribution in [2.45, 2.75) is 13.0 Å². The van der Waals surface area contributed by atoms with Gasteiger partial charge in [0.2, 0.25) is 0 Å². The number of carboxylic acid groups (broad SMARTS) is 1. The average Bonchev–Trinajstić information content (AvgIpc) is 1.94. The SMILES string of the molecule is CC1([C@H](N=[N+]=[N-])C(=O)O)CS(O)(O)C1. The number of rotatable bonds is 3. The first kappa shape index (κ1) is 11.1. The van der Waals surface area contributed by atoms with Gasteiger partial charge < -0.3 is 5.11 Å². The molecular weight excluding hydrogens is 210 g/mol. The van der Waals surface area contributed by atoms with Crippen molar-refractivity contribution in [1.82, 2.24) is 0 Å². The fraction of sp³-hybridized carbons (Fsp3) is 0.833. The lowest BCUT2D eigenvalue weighted by atomic mass is 9.86. The van der Waals surface area contributed by atoms with Gasteiger partial charge in [0.1, 0.15) is 6.04 Å². The van der Waals surface area contributed by atoms with Gasteiger partial charge in [0.15, 0.2) is 0 Å². The molecule has 0 unspecified atom stereocenters. The van der Waals surface area contributed by atoms with E-state index < -0.39 is 28.0 Å². The lowest BCUT2D eigenvalue weighted by molar-refractivity contribution is -0.141. The van der Waals surface area contributed by atoms with E-state index in [1.165, 1.54) is 0 Å². The summed E-state index contributed by atoms with van der Waals surface area (Å²) in [5, 5.41) is 11.9. The van der Waals surface area contributed by atoms with Gasteiger partial charge in [-0.3, -0.25) is 13.9 Å². The third-order valence-electron chi connectivity index (χ3n) is 2.18. The first-order chi connectivity index (χ1) is 6.31. The van der Waals surface area contributed by atoms with Gasteiger partial charge in [0, 0.05) is 21.8 Å². The Hall–Kier alpha value is -0.950. The van der Waals surface area contributed by atoms with Crippen LogP contribution < -0.4 is 0 Å². The molecule has 0 aliphatic carbocycles. The third kappa shape index (κ3) is 1.93. The van der Waals surface area contributed by atoms with Gasteiger partial charge in [-0.15, -0.1) is 0 Å². The van der Waals surface area contributed by atoms with Gasteiger partial charge in [-0.05, 0) is 5.53 Å². The summed E-state index contributed by atoms with van der Waals surface area (Å²) in [5.74, 6) is -1.27. The monoisotopic (exact) mass is 221 g/mol. The molecule has 1 saturated heterocycles. The molecule has 7 nitrogen and oxygen atoms in total. The van der Waals surface area contributed by atoms with E-state index in [2.05, 4.69) is 10.0 Å². The summed E-state index contributed by atoms with van der Waals surface area (Å²) in [6.07, 6.45) is 0. The predicted octanol–water partition coefficient (Wildman–Crippen LogP) is 1.52. The maximum atomic E-state index is 10.7. The van der Waals surface area contributed by atoms with E-state index >= 15 is 0 Å². The van der Waals surface area contributed by atoms with Crippen LogP contribution in [0.4, 0.5) is 0 Å². The third-order valence-corrected chi connectivity index (χ3v) is 4.43. The number of nitrogens with zero attached hydrogens (tertiary/aromatic N) is 3. The summed E-state index contributed by atoms with van der Waals surface area (Å²) >= 11 is 0. The Morgan fingerprint density at radius 2 is 2.14 bits per heavy atom. The van der Waals surface area contributed by atoms with Crippen LogP contribution in [0.5, 0.6) is 0 Å². The second-order valence-corrected chi connectivity index (χ2v) is 5.87. The summed E-state index contributed by atoms with van der Waals surface area (Å²) in [4.78, 5) is 13.2. The molecule has 0 aromatic rings. The molecule has 1 rings (SSSR count). The van der Waals surface area contributed by atoms with E-state index in [9.17, 15) is 4.79 Å². The highest BCUT2D eigenvalue weighted by Gasteiger charge is 2.52. The zero-order valence-electron chi connectivity index (χ0n) is 7.49. The molecule has 0 amide bonds. The molecule has 8 heteroatoms. The molecule has 0 aromatic heterocycles. The fourth-order valence-corrected chi connectivity index (χ4v) is 4.05. The van der Waals surface area contributed by atoms with Crippen LogP contribution in [0.25, 0.3) is 10.4 Å². The topological polar surface area (TPSA) is 127 Å².